The van der Waals surface area contributed by atoms with E-state index in [4.69, 9.17) is 10.5 Å². The quantitative estimate of drug-likeness (QED) is 0.655. The number of carbonyl (C=O) groups is 1. The van der Waals surface area contributed by atoms with E-state index in [1.807, 2.05) is 36.4 Å². The van der Waals surface area contributed by atoms with E-state index in [2.05, 4.69) is 5.32 Å². The van der Waals surface area contributed by atoms with Crippen LogP contribution in [0.3, 0.4) is 0 Å². The van der Waals surface area contributed by atoms with E-state index in [0.717, 1.165) is 10.6 Å². The van der Waals surface area contributed by atoms with Gasteiger partial charge < -0.3 is 15.8 Å². The highest BCUT2D eigenvalue weighted by molar-refractivity contribution is 8.00. The molecule has 1 amide bonds. The summed E-state index contributed by atoms with van der Waals surface area (Å²) in [6, 6.07) is 14.8. The number of methoxy groups -OCH3 is 1. The molecule has 0 aliphatic heterocycles. The van der Waals surface area contributed by atoms with Crippen LogP contribution in [0.1, 0.15) is 0 Å². The minimum absolute atomic E-state index is 0.0555. The molecule has 0 atom stereocenters. The van der Waals surface area contributed by atoms with Gasteiger partial charge in [0.2, 0.25) is 5.91 Å². The van der Waals surface area contributed by atoms with Gasteiger partial charge in [-0.05, 0) is 24.3 Å². The number of nitrogens with one attached hydrogen (secondary N) is 1. The Morgan fingerprint density at radius 1 is 1.25 bits per heavy atom. The van der Waals surface area contributed by atoms with E-state index in [1.54, 1.807) is 19.2 Å². The van der Waals surface area contributed by atoms with Gasteiger partial charge >= 0.3 is 0 Å². The van der Waals surface area contributed by atoms with Gasteiger partial charge in [-0.2, -0.15) is 0 Å². The molecule has 0 heterocycles. The SMILES string of the molecule is COc1cc(N)ccc1SCC(=O)Nc1ccccc1. The molecule has 104 valence electrons. The monoisotopic (exact) mass is 288 g/mol. The standard InChI is InChI=1S/C15H16N2O2S/c1-19-13-9-11(16)7-8-14(13)20-10-15(18)17-12-5-3-2-4-6-12/h2-9H,10,16H2,1H3,(H,17,18). The summed E-state index contributed by atoms with van der Waals surface area (Å²) in [5, 5.41) is 2.84. The highest BCUT2D eigenvalue weighted by Gasteiger charge is 2.08. The maximum Gasteiger partial charge on any atom is 0.234 e. The summed E-state index contributed by atoms with van der Waals surface area (Å²) in [6.45, 7) is 0. The first-order chi connectivity index (χ1) is 9.69. The number of hydrogen-bond donors (Lipinski definition) is 2. The van der Waals surface area contributed by atoms with Gasteiger partial charge in [-0.25, -0.2) is 0 Å². The number of carbonyl (C=O) groups excluding carboxylic acids is 1. The van der Waals surface area contributed by atoms with Crippen LogP contribution < -0.4 is 15.8 Å². The molecule has 0 unspecified atom stereocenters. The lowest BCUT2D eigenvalue weighted by molar-refractivity contribution is -0.113. The second-order valence-corrected chi connectivity index (χ2v) is 5.13. The van der Waals surface area contributed by atoms with Crippen LogP contribution in [0.4, 0.5) is 11.4 Å². The van der Waals surface area contributed by atoms with E-state index in [9.17, 15) is 4.79 Å². The van der Waals surface area contributed by atoms with Crippen molar-refractivity contribution in [2.75, 3.05) is 23.9 Å². The Bertz CT molecular complexity index is 588. The van der Waals surface area contributed by atoms with Crippen molar-refractivity contribution in [3.8, 4) is 5.75 Å². The molecular weight excluding hydrogens is 272 g/mol. The Hall–Kier alpha value is -2.14. The third-order valence-electron chi connectivity index (χ3n) is 2.60. The van der Waals surface area contributed by atoms with Gasteiger partial charge in [0, 0.05) is 22.3 Å². The van der Waals surface area contributed by atoms with Crippen LogP contribution in [0, 0.1) is 0 Å². The van der Waals surface area contributed by atoms with Crippen molar-refractivity contribution in [3.63, 3.8) is 0 Å². The van der Waals surface area contributed by atoms with Crippen molar-refractivity contribution in [1.29, 1.82) is 0 Å². The molecule has 0 aliphatic carbocycles. The second-order valence-electron chi connectivity index (χ2n) is 4.11. The molecule has 2 aromatic rings. The van der Waals surface area contributed by atoms with Crippen molar-refractivity contribution in [3.05, 3.63) is 48.5 Å². The number of anilines is 2. The normalized spacial score (nSPS) is 10.1. The van der Waals surface area contributed by atoms with Gasteiger partial charge in [-0.1, -0.05) is 18.2 Å². The van der Waals surface area contributed by atoms with E-state index >= 15 is 0 Å². The number of nitrogens with two attached hydrogens (primary N) is 1. The highest BCUT2D eigenvalue weighted by atomic mass is 32.2. The molecule has 4 nitrogen and oxygen atoms in total. The molecule has 0 bridgehead atoms. The van der Waals surface area contributed by atoms with Crippen molar-refractivity contribution < 1.29 is 9.53 Å². The fourth-order valence-electron chi connectivity index (χ4n) is 1.67. The number of amides is 1. The van der Waals surface area contributed by atoms with Crippen LogP contribution in [0.5, 0.6) is 5.75 Å². The maximum atomic E-state index is 11.9. The van der Waals surface area contributed by atoms with Crippen LogP contribution in [-0.4, -0.2) is 18.8 Å². The summed E-state index contributed by atoms with van der Waals surface area (Å²) in [7, 11) is 1.59. The first-order valence-corrected chi connectivity index (χ1v) is 7.09. The Balaban J connectivity index is 1.93. The molecule has 0 fully saturated rings. The van der Waals surface area contributed by atoms with Crippen LogP contribution in [0.2, 0.25) is 0 Å². The number of thioether (sulfide) groups is 1. The molecule has 20 heavy (non-hydrogen) atoms. The van der Waals surface area contributed by atoms with Gasteiger partial charge in [0.05, 0.1) is 12.9 Å². The summed E-state index contributed by atoms with van der Waals surface area (Å²) in [5.74, 6) is 0.942. The Labute approximate surface area is 122 Å². The number of hydrogen-bond acceptors (Lipinski definition) is 4. The summed E-state index contributed by atoms with van der Waals surface area (Å²) >= 11 is 1.42. The lowest BCUT2D eigenvalue weighted by Crippen LogP contribution is -2.13. The lowest BCUT2D eigenvalue weighted by atomic mass is 10.3. The minimum Gasteiger partial charge on any atom is -0.496 e. The molecule has 0 spiro atoms. The third-order valence-corrected chi connectivity index (χ3v) is 3.66. The number of nitrogen functional groups attached to an aromatic ring is 1. The van der Waals surface area contributed by atoms with Crippen LogP contribution in [-0.2, 0) is 4.79 Å². The number of para-hydroxylation sites is 1. The topological polar surface area (TPSA) is 64.3 Å². The van der Waals surface area contributed by atoms with Gasteiger partial charge in [0.15, 0.2) is 0 Å². The second kappa shape index (κ2) is 6.86. The van der Waals surface area contributed by atoms with Gasteiger partial charge in [-0.3, -0.25) is 4.79 Å². The van der Waals surface area contributed by atoms with E-state index < -0.39 is 0 Å². The molecule has 3 N–H and O–H groups in total. The lowest BCUT2D eigenvalue weighted by Gasteiger charge is -2.09. The smallest absolute Gasteiger partial charge is 0.234 e. The van der Waals surface area contributed by atoms with Gasteiger partial charge in [-0.15, -0.1) is 11.8 Å². The van der Waals surface area contributed by atoms with E-state index in [0.29, 0.717) is 17.2 Å². The molecule has 2 aromatic carbocycles. The fourth-order valence-corrected chi connectivity index (χ4v) is 2.47. The largest absolute Gasteiger partial charge is 0.496 e. The zero-order valence-electron chi connectivity index (χ0n) is 11.1. The number of ether oxygens (including phenoxy) is 1. The Morgan fingerprint density at radius 2 is 2.00 bits per heavy atom. The third kappa shape index (κ3) is 3.93. The molecule has 5 heteroatoms. The molecular formula is C15H16N2O2S. The zero-order chi connectivity index (χ0) is 14.4. The highest BCUT2D eigenvalue weighted by Crippen LogP contribution is 2.30. The molecule has 2 rings (SSSR count). The number of benzene rings is 2. The molecule has 0 aliphatic rings. The van der Waals surface area contributed by atoms with Gasteiger partial charge in [0.1, 0.15) is 5.75 Å². The van der Waals surface area contributed by atoms with Crippen molar-refractivity contribution in [1.82, 2.24) is 0 Å². The van der Waals surface area contributed by atoms with Crippen LogP contribution in [0.15, 0.2) is 53.4 Å². The fraction of sp³-hybridized carbons (Fsp3) is 0.133. The first-order valence-electron chi connectivity index (χ1n) is 6.10. The molecule has 0 saturated carbocycles. The van der Waals surface area contributed by atoms with E-state index in [-0.39, 0.29) is 5.91 Å². The van der Waals surface area contributed by atoms with Crippen molar-refractivity contribution in [2.45, 2.75) is 4.90 Å². The molecule has 0 saturated heterocycles. The average molecular weight is 288 g/mol. The molecule has 0 radical (unpaired) electrons. The summed E-state index contributed by atoms with van der Waals surface area (Å²) in [4.78, 5) is 12.7. The molecule has 0 aromatic heterocycles. The predicted octanol–water partition coefficient (Wildman–Crippen LogP) is 3.01. The Kier molecular flexibility index (Phi) is 4.90. The van der Waals surface area contributed by atoms with Crippen LogP contribution >= 0.6 is 11.8 Å². The first kappa shape index (κ1) is 14.3. The maximum absolute atomic E-state index is 11.9. The zero-order valence-corrected chi connectivity index (χ0v) is 11.9. The van der Waals surface area contributed by atoms with Gasteiger partial charge in [0.25, 0.3) is 0 Å². The van der Waals surface area contributed by atoms with Crippen molar-refractivity contribution >= 4 is 29.0 Å². The van der Waals surface area contributed by atoms with Crippen molar-refractivity contribution in [2.24, 2.45) is 0 Å². The predicted molar refractivity (Wildman–Crippen MR) is 83.2 cm³/mol. The average Bonchev–Trinajstić information content (AvgIpc) is 2.47. The van der Waals surface area contributed by atoms with Crippen LogP contribution in [0.25, 0.3) is 0 Å². The summed E-state index contributed by atoms with van der Waals surface area (Å²) < 4.78 is 5.24. The van der Waals surface area contributed by atoms with E-state index in [1.165, 1.54) is 11.8 Å². The minimum atomic E-state index is -0.0555. The summed E-state index contributed by atoms with van der Waals surface area (Å²) in [6.07, 6.45) is 0. The summed E-state index contributed by atoms with van der Waals surface area (Å²) in [5.41, 5.74) is 7.13. The number of rotatable bonds is 5. The Morgan fingerprint density at radius 3 is 2.70 bits per heavy atom.